The van der Waals surface area contributed by atoms with Crippen LogP contribution in [0.3, 0.4) is 0 Å². The van der Waals surface area contributed by atoms with Crippen molar-refractivity contribution in [1.29, 1.82) is 0 Å². The van der Waals surface area contributed by atoms with E-state index < -0.39 is 0 Å². The number of carbonyl (C=O) groups excluding carboxylic acids is 1. The maximum absolute atomic E-state index is 12.8. The van der Waals surface area contributed by atoms with Crippen LogP contribution in [0.1, 0.15) is 16.1 Å². The van der Waals surface area contributed by atoms with Gasteiger partial charge in [0.05, 0.1) is 16.4 Å². The molecule has 1 aromatic carbocycles. The molecule has 3 heterocycles. The molecule has 4 aromatic rings. The van der Waals surface area contributed by atoms with E-state index in [0.29, 0.717) is 33.3 Å². The SMILES string of the molecule is Cc1onc(-c2ccccc2Cl)c1C(=O)NCCn1nc(-c2cccs2)ccc1=O. The topological polar surface area (TPSA) is 90.0 Å². The van der Waals surface area contributed by atoms with Crippen molar-refractivity contribution >= 4 is 28.8 Å². The third kappa shape index (κ3) is 4.05. The first-order valence-corrected chi connectivity index (χ1v) is 10.4. The molecule has 7 nitrogen and oxygen atoms in total. The molecule has 0 aliphatic carbocycles. The number of aryl methyl sites for hydroxylation is 1. The van der Waals surface area contributed by atoms with E-state index >= 15 is 0 Å². The molecule has 0 saturated carbocycles. The highest BCUT2D eigenvalue weighted by Crippen LogP contribution is 2.30. The number of amides is 1. The number of halogens is 1. The Morgan fingerprint density at radius 1 is 1.20 bits per heavy atom. The quantitative estimate of drug-likeness (QED) is 0.489. The van der Waals surface area contributed by atoms with Gasteiger partial charge in [-0.2, -0.15) is 5.10 Å². The molecule has 1 amide bonds. The zero-order valence-electron chi connectivity index (χ0n) is 16.0. The fraction of sp³-hybridized carbons (Fsp3) is 0.143. The summed E-state index contributed by atoms with van der Waals surface area (Å²) >= 11 is 7.79. The van der Waals surface area contributed by atoms with Crippen molar-refractivity contribution in [2.45, 2.75) is 13.5 Å². The average Bonchev–Trinajstić information content (AvgIpc) is 3.40. The minimum Gasteiger partial charge on any atom is -0.360 e. The molecular weight excluding hydrogens is 424 g/mol. The van der Waals surface area contributed by atoms with Gasteiger partial charge in [0.25, 0.3) is 11.5 Å². The zero-order valence-corrected chi connectivity index (χ0v) is 17.5. The summed E-state index contributed by atoms with van der Waals surface area (Å²) in [4.78, 5) is 25.9. The predicted octanol–water partition coefficient (Wildman–Crippen LogP) is 4.02. The highest BCUT2D eigenvalue weighted by molar-refractivity contribution is 7.13. The molecule has 30 heavy (non-hydrogen) atoms. The number of hydrogen-bond acceptors (Lipinski definition) is 6. The molecule has 1 N–H and O–H groups in total. The molecule has 152 valence electrons. The first-order chi connectivity index (χ1) is 14.5. The summed E-state index contributed by atoms with van der Waals surface area (Å²) in [7, 11) is 0. The molecule has 0 unspecified atom stereocenters. The number of nitrogens with zero attached hydrogens (tertiary/aromatic N) is 3. The number of carbonyl (C=O) groups is 1. The number of hydrogen-bond donors (Lipinski definition) is 1. The van der Waals surface area contributed by atoms with Crippen LogP contribution in [0.5, 0.6) is 0 Å². The molecule has 0 spiro atoms. The van der Waals surface area contributed by atoms with Crippen LogP contribution >= 0.6 is 22.9 Å². The second kappa shape index (κ2) is 8.64. The average molecular weight is 441 g/mol. The number of thiophene rings is 1. The van der Waals surface area contributed by atoms with E-state index in [0.717, 1.165) is 4.88 Å². The minimum absolute atomic E-state index is 0.214. The van der Waals surface area contributed by atoms with Gasteiger partial charge < -0.3 is 9.84 Å². The summed E-state index contributed by atoms with van der Waals surface area (Å²) in [5.74, 6) is 0.0311. The minimum atomic E-state index is -0.355. The van der Waals surface area contributed by atoms with Crippen molar-refractivity contribution in [3.05, 3.63) is 80.6 Å². The van der Waals surface area contributed by atoms with E-state index in [-0.39, 0.29) is 24.6 Å². The summed E-state index contributed by atoms with van der Waals surface area (Å²) in [6.45, 7) is 2.11. The predicted molar refractivity (Wildman–Crippen MR) is 116 cm³/mol. The summed E-state index contributed by atoms with van der Waals surface area (Å²) in [5, 5.41) is 13.6. The summed E-state index contributed by atoms with van der Waals surface area (Å²) in [5.41, 5.74) is 1.79. The normalized spacial score (nSPS) is 10.9. The zero-order chi connectivity index (χ0) is 21.1. The van der Waals surface area contributed by atoms with E-state index in [1.165, 1.54) is 10.7 Å². The van der Waals surface area contributed by atoms with Crippen LogP contribution in [0.2, 0.25) is 5.02 Å². The number of nitrogens with one attached hydrogen (secondary N) is 1. The highest BCUT2D eigenvalue weighted by Gasteiger charge is 2.22. The fourth-order valence-electron chi connectivity index (χ4n) is 3.01. The van der Waals surface area contributed by atoms with Gasteiger partial charge in [-0.05, 0) is 30.5 Å². The van der Waals surface area contributed by atoms with Crippen molar-refractivity contribution in [2.24, 2.45) is 0 Å². The van der Waals surface area contributed by atoms with Crippen LogP contribution in [0.25, 0.3) is 21.8 Å². The van der Waals surface area contributed by atoms with Crippen LogP contribution in [0.4, 0.5) is 0 Å². The Balaban J connectivity index is 1.49. The monoisotopic (exact) mass is 440 g/mol. The molecule has 9 heteroatoms. The van der Waals surface area contributed by atoms with Gasteiger partial charge in [0, 0.05) is 18.2 Å². The number of benzene rings is 1. The molecular formula is C21H17ClN4O3S. The fourth-order valence-corrected chi connectivity index (χ4v) is 3.92. The van der Waals surface area contributed by atoms with Gasteiger partial charge in [0.1, 0.15) is 22.7 Å². The Morgan fingerprint density at radius 3 is 2.80 bits per heavy atom. The third-order valence-electron chi connectivity index (χ3n) is 4.47. The smallest absolute Gasteiger partial charge is 0.266 e. The van der Waals surface area contributed by atoms with Crippen LogP contribution < -0.4 is 10.9 Å². The Labute approximate surface area is 180 Å². The molecule has 0 aliphatic heterocycles. The standard InChI is InChI=1S/C21H17ClN4O3S/c1-13-19(20(25-29-13)14-5-2-3-6-15(14)22)21(28)23-10-11-26-18(27)9-8-16(24-26)17-7-4-12-30-17/h2-9,12H,10-11H2,1H3,(H,23,28). The van der Waals surface area contributed by atoms with Crippen LogP contribution in [0.15, 0.2) is 63.2 Å². The maximum atomic E-state index is 12.8. The highest BCUT2D eigenvalue weighted by atomic mass is 35.5. The molecule has 0 fully saturated rings. The van der Waals surface area contributed by atoms with E-state index in [9.17, 15) is 9.59 Å². The van der Waals surface area contributed by atoms with Crippen molar-refractivity contribution in [1.82, 2.24) is 20.3 Å². The van der Waals surface area contributed by atoms with Crippen LogP contribution in [0, 0.1) is 6.92 Å². The lowest BCUT2D eigenvalue weighted by atomic mass is 10.1. The second-order valence-electron chi connectivity index (χ2n) is 6.46. The first-order valence-electron chi connectivity index (χ1n) is 9.16. The van der Waals surface area contributed by atoms with E-state index in [1.54, 1.807) is 42.5 Å². The van der Waals surface area contributed by atoms with Gasteiger partial charge in [-0.15, -0.1) is 11.3 Å². The van der Waals surface area contributed by atoms with Gasteiger partial charge in [-0.25, -0.2) is 4.68 Å². The van der Waals surface area contributed by atoms with Crippen molar-refractivity contribution in [3.63, 3.8) is 0 Å². The largest absolute Gasteiger partial charge is 0.360 e. The van der Waals surface area contributed by atoms with Gasteiger partial charge >= 0.3 is 0 Å². The van der Waals surface area contributed by atoms with Crippen LogP contribution in [-0.4, -0.2) is 27.4 Å². The molecule has 4 rings (SSSR count). The first kappa shape index (κ1) is 20.1. The lowest BCUT2D eigenvalue weighted by Crippen LogP contribution is -2.32. The van der Waals surface area contributed by atoms with Gasteiger partial charge in [0.15, 0.2) is 0 Å². The molecule has 0 aliphatic rings. The van der Waals surface area contributed by atoms with Crippen molar-refractivity contribution in [2.75, 3.05) is 6.54 Å². The van der Waals surface area contributed by atoms with E-state index in [4.69, 9.17) is 16.1 Å². The molecule has 0 atom stereocenters. The Bertz CT molecular complexity index is 1250. The third-order valence-corrected chi connectivity index (χ3v) is 5.69. The lowest BCUT2D eigenvalue weighted by molar-refractivity contribution is 0.0951. The van der Waals surface area contributed by atoms with Gasteiger partial charge in [-0.1, -0.05) is 41.0 Å². The lowest BCUT2D eigenvalue weighted by Gasteiger charge is -2.08. The summed E-state index contributed by atoms with van der Waals surface area (Å²) in [6.07, 6.45) is 0. The molecule has 0 saturated heterocycles. The molecule has 0 bridgehead atoms. The summed E-state index contributed by atoms with van der Waals surface area (Å²) in [6, 6.07) is 14.1. The Hall–Kier alpha value is -3.23. The molecule has 0 radical (unpaired) electrons. The second-order valence-corrected chi connectivity index (χ2v) is 7.81. The van der Waals surface area contributed by atoms with Crippen molar-refractivity contribution < 1.29 is 9.32 Å². The Morgan fingerprint density at radius 2 is 2.03 bits per heavy atom. The van der Waals surface area contributed by atoms with Gasteiger partial charge in [-0.3, -0.25) is 9.59 Å². The number of rotatable bonds is 6. The maximum Gasteiger partial charge on any atom is 0.266 e. The Kier molecular flexibility index (Phi) is 5.78. The van der Waals surface area contributed by atoms with Crippen molar-refractivity contribution in [3.8, 4) is 21.8 Å². The van der Waals surface area contributed by atoms with Crippen LogP contribution in [-0.2, 0) is 6.54 Å². The summed E-state index contributed by atoms with van der Waals surface area (Å²) < 4.78 is 6.57. The number of aromatic nitrogens is 3. The van der Waals surface area contributed by atoms with Gasteiger partial charge in [0.2, 0.25) is 0 Å². The van der Waals surface area contributed by atoms with E-state index in [2.05, 4.69) is 15.6 Å². The molecule has 3 aromatic heterocycles. The van der Waals surface area contributed by atoms with E-state index in [1.807, 2.05) is 23.6 Å².